The zero-order valence-corrected chi connectivity index (χ0v) is 10.7. The van der Waals surface area contributed by atoms with Gasteiger partial charge in [0.25, 0.3) is 0 Å². The van der Waals surface area contributed by atoms with Gasteiger partial charge in [-0.15, -0.1) is 0 Å². The normalized spacial score (nSPS) is 31.7. The van der Waals surface area contributed by atoms with Crippen LogP contribution in [0.2, 0.25) is 0 Å². The number of rotatable bonds is 1. The fraction of sp³-hybridized carbons (Fsp3) is 0.733. The predicted molar refractivity (Wildman–Crippen MR) is 66.8 cm³/mol. The summed E-state index contributed by atoms with van der Waals surface area (Å²) in [5.41, 5.74) is 5.52. The van der Waals surface area contributed by atoms with Crippen LogP contribution in [0.25, 0.3) is 0 Å². The van der Waals surface area contributed by atoms with Crippen LogP contribution in [0.15, 0.2) is 22.8 Å². The molecule has 0 aliphatic heterocycles. The van der Waals surface area contributed by atoms with E-state index < -0.39 is 0 Å². The summed E-state index contributed by atoms with van der Waals surface area (Å²) in [6.07, 6.45) is 9.36. The highest BCUT2D eigenvalue weighted by atomic mass is 14.4. The van der Waals surface area contributed by atoms with Crippen molar-refractivity contribution in [3.05, 3.63) is 22.8 Å². The Kier molecular flexibility index (Phi) is 2.79. The van der Waals surface area contributed by atoms with Crippen molar-refractivity contribution in [2.75, 3.05) is 0 Å². The molecule has 0 heterocycles. The minimum atomic E-state index is 0.515. The average Bonchev–Trinajstić information content (AvgIpc) is 2.17. The maximum atomic E-state index is 2.53. The van der Waals surface area contributed by atoms with Gasteiger partial charge in [0.1, 0.15) is 0 Å². The Labute approximate surface area is 94.5 Å². The van der Waals surface area contributed by atoms with Gasteiger partial charge in [-0.2, -0.15) is 0 Å². The third kappa shape index (κ3) is 1.91. The molecule has 0 unspecified atom stereocenters. The number of fused-ring (bicyclic) bond motifs is 1. The lowest BCUT2D eigenvalue weighted by molar-refractivity contribution is 0.300. The molecule has 0 spiro atoms. The molecule has 1 atom stereocenters. The van der Waals surface area contributed by atoms with Crippen LogP contribution in [0.3, 0.4) is 0 Å². The van der Waals surface area contributed by atoms with Gasteiger partial charge in [-0.1, -0.05) is 38.0 Å². The smallest absolute Gasteiger partial charge is 0.00727 e. The van der Waals surface area contributed by atoms with Crippen molar-refractivity contribution in [2.24, 2.45) is 11.3 Å². The summed E-state index contributed by atoms with van der Waals surface area (Å²) in [6, 6.07) is 0. The van der Waals surface area contributed by atoms with Crippen LogP contribution in [0.1, 0.15) is 59.8 Å². The molecule has 15 heavy (non-hydrogen) atoms. The summed E-state index contributed by atoms with van der Waals surface area (Å²) in [5.74, 6) is 0.733. The average molecular weight is 204 g/mol. The van der Waals surface area contributed by atoms with E-state index in [-0.39, 0.29) is 0 Å². The summed E-state index contributed by atoms with van der Waals surface area (Å²) in [7, 11) is 0. The lowest BCUT2D eigenvalue weighted by atomic mass is 9.64. The SMILES string of the molecule is CC1=C2C=C(C(C)C)CC[C@@]2(C)CCC1. The summed E-state index contributed by atoms with van der Waals surface area (Å²) in [4.78, 5) is 0. The molecule has 84 valence electrons. The Balaban J connectivity index is 2.39. The van der Waals surface area contributed by atoms with Crippen LogP contribution < -0.4 is 0 Å². The third-order valence-corrected chi connectivity index (χ3v) is 4.43. The molecule has 0 heteroatoms. The van der Waals surface area contributed by atoms with Gasteiger partial charge >= 0.3 is 0 Å². The minimum absolute atomic E-state index is 0.515. The maximum Gasteiger partial charge on any atom is -0.00727 e. The maximum absolute atomic E-state index is 2.53. The fourth-order valence-electron chi connectivity index (χ4n) is 3.22. The van der Waals surface area contributed by atoms with Crippen LogP contribution in [-0.2, 0) is 0 Å². The van der Waals surface area contributed by atoms with E-state index in [0.717, 1.165) is 5.92 Å². The standard InChI is InChI=1S/C15H24/c1-11(2)13-7-9-15(4)8-5-6-12(3)14(15)10-13/h10-11H,5-9H2,1-4H3/t15-/m1/s1. The van der Waals surface area contributed by atoms with Crippen LogP contribution in [0.4, 0.5) is 0 Å². The lowest BCUT2D eigenvalue weighted by Crippen LogP contribution is -2.27. The Morgan fingerprint density at radius 3 is 2.60 bits per heavy atom. The second-order valence-electron chi connectivity index (χ2n) is 5.98. The fourth-order valence-corrected chi connectivity index (χ4v) is 3.22. The van der Waals surface area contributed by atoms with E-state index >= 15 is 0 Å². The lowest BCUT2D eigenvalue weighted by Gasteiger charge is -2.41. The molecule has 0 aromatic rings. The van der Waals surface area contributed by atoms with E-state index in [1.165, 1.54) is 32.1 Å². The van der Waals surface area contributed by atoms with Gasteiger partial charge in [0, 0.05) is 0 Å². The second-order valence-corrected chi connectivity index (χ2v) is 5.98. The molecule has 2 rings (SSSR count). The van der Waals surface area contributed by atoms with Gasteiger partial charge in [0.2, 0.25) is 0 Å². The van der Waals surface area contributed by atoms with Gasteiger partial charge < -0.3 is 0 Å². The largest absolute Gasteiger partial charge is 0.0696 e. The van der Waals surface area contributed by atoms with E-state index in [1.54, 1.807) is 16.7 Å². The van der Waals surface area contributed by atoms with Gasteiger partial charge in [0.05, 0.1) is 0 Å². The van der Waals surface area contributed by atoms with Crippen molar-refractivity contribution in [3.8, 4) is 0 Å². The molecule has 2 aliphatic rings. The first kappa shape index (κ1) is 11.0. The summed E-state index contributed by atoms with van der Waals surface area (Å²) in [5, 5.41) is 0. The molecule has 0 fully saturated rings. The van der Waals surface area contributed by atoms with Crippen molar-refractivity contribution < 1.29 is 0 Å². The highest BCUT2D eigenvalue weighted by Crippen LogP contribution is 2.49. The second kappa shape index (κ2) is 3.81. The minimum Gasteiger partial charge on any atom is -0.0696 e. The van der Waals surface area contributed by atoms with Gasteiger partial charge in [-0.05, 0) is 55.9 Å². The van der Waals surface area contributed by atoms with Gasteiger partial charge in [-0.25, -0.2) is 0 Å². The molecule has 0 nitrogen and oxygen atoms in total. The van der Waals surface area contributed by atoms with Crippen molar-refractivity contribution >= 4 is 0 Å². The first-order chi connectivity index (χ1) is 7.03. The molecule has 0 aromatic heterocycles. The van der Waals surface area contributed by atoms with Crippen LogP contribution in [0, 0.1) is 11.3 Å². The molecule has 0 radical (unpaired) electrons. The van der Waals surface area contributed by atoms with E-state index in [4.69, 9.17) is 0 Å². The highest BCUT2D eigenvalue weighted by molar-refractivity contribution is 5.38. The molecule has 2 aliphatic carbocycles. The number of allylic oxidation sites excluding steroid dienone is 4. The number of hydrogen-bond acceptors (Lipinski definition) is 0. The van der Waals surface area contributed by atoms with Crippen LogP contribution in [0.5, 0.6) is 0 Å². The molecular weight excluding hydrogens is 180 g/mol. The van der Waals surface area contributed by atoms with Gasteiger partial charge in [-0.3, -0.25) is 0 Å². The van der Waals surface area contributed by atoms with E-state index in [0.29, 0.717) is 5.41 Å². The Bertz CT molecular complexity index is 317. The van der Waals surface area contributed by atoms with Crippen molar-refractivity contribution in [3.63, 3.8) is 0 Å². The topological polar surface area (TPSA) is 0 Å². The van der Waals surface area contributed by atoms with Crippen molar-refractivity contribution in [1.29, 1.82) is 0 Å². The first-order valence-electron chi connectivity index (χ1n) is 6.43. The Morgan fingerprint density at radius 2 is 1.93 bits per heavy atom. The van der Waals surface area contributed by atoms with E-state index in [2.05, 4.69) is 33.8 Å². The van der Waals surface area contributed by atoms with E-state index in [9.17, 15) is 0 Å². The van der Waals surface area contributed by atoms with Crippen molar-refractivity contribution in [2.45, 2.75) is 59.8 Å². The molecule has 0 aromatic carbocycles. The molecule has 0 saturated heterocycles. The molecule has 0 saturated carbocycles. The molecule has 0 bridgehead atoms. The van der Waals surface area contributed by atoms with Gasteiger partial charge in [0.15, 0.2) is 0 Å². The van der Waals surface area contributed by atoms with Crippen LogP contribution in [-0.4, -0.2) is 0 Å². The highest BCUT2D eigenvalue weighted by Gasteiger charge is 2.34. The molecule has 0 N–H and O–H groups in total. The Hall–Kier alpha value is -0.520. The molecular formula is C15H24. The van der Waals surface area contributed by atoms with Crippen molar-refractivity contribution in [1.82, 2.24) is 0 Å². The third-order valence-electron chi connectivity index (χ3n) is 4.43. The summed E-state index contributed by atoms with van der Waals surface area (Å²) >= 11 is 0. The quantitative estimate of drug-likeness (QED) is 0.571. The Morgan fingerprint density at radius 1 is 1.20 bits per heavy atom. The summed E-state index contributed by atoms with van der Waals surface area (Å²) in [6.45, 7) is 9.46. The van der Waals surface area contributed by atoms with E-state index in [1.807, 2.05) is 0 Å². The summed E-state index contributed by atoms with van der Waals surface area (Å²) < 4.78 is 0. The monoisotopic (exact) mass is 204 g/mol. The zero-order chi connectivity index (χ0) is 11.1. The van der Waals surface area contributed by atoms with Crippen LogP contribution >= 0.6 is 0 Å². The first-order valence-corrected chi connectivity index (χ1v) is 6.43. The number of hydrogen-bond donors (Lipinski definition) is 0. The zero-order valence-electron chi connectivity index (χ0n) is 10.7. The molecule has 0 amide bonds. The predicted octanol–water partition coefficient (Wildman–Crippen LogP) is 4.87.